The summed E-state index contributed by atoms with van der Waals surface area (Å²) in [6.07, 6.45) is 1.55. The lowest BCUT2D eigenvalue weighted by atomic mass is 9.82. The summed E-state index contributed by atoms with van der Waals surface area (Å²) in [5.74, 6) is 0.579. The minimum atomic E-state index is -0.303. The molecule has 0 aromatic rings. The van der Waals surface area contributed by atoms with Crippen LogP contribution in [0.4, 0.5) is 0 Å². The maximum Gasteiger partial charge on any atom is 0.225 e. The summed E-state index contributed by atoms with van der Waals surface area (Å²) in [6.45, 7) is 6.42. The van der Waals surface area contributed by atoms with Crippen molar-refractivity contribution in [2.24, 2.45) is 11.3 Å². The molecule has 1 saturated carbocycles. The largest absolute Gasteiger partial charge is 0.393 e. The lowest BCUT2D eigenvalue weighted by Gasteiger charge is -2.32. The van der Waals surface area contributed by atoms with Crippen molar-refractivity contribution in [1.29, 1.82) is 0 Å². The molecule has 1 fully saturated rings. The minimum Gasteiger partial charge on any atom is -0.393 e. The summed E-state index contributed by atoms with van der Waals surface area (Å²) in [7, 11) is 0. The highest BCUT2D eigenvalue weighted by atomic mass is 16.3. The van der Waals surface area contributed by atoms with Gasteiger partial charge in [0.15, 0.2) is 0 Å². The predicted octanol–water partition coefficient (Wildman–Crippen LogP) is 0.920. The smallest absolute Gasteiger partial charge is 0.225 e. The number of aliphatic hydroxyl groups excluding tert-OH is 1. The molecule has 1 aliphatic rings. The monoisotopic (exact) mass is 185 g/mol. The highest BCUT2D eigenvalue weighted by molar-refractivity contribution is 5.81. The van der Waals surface area contributed by atoms with Gasteiger partial charge in [0.25, 0.3) is 0 Å². The van der Waals surface area contributed by atoms with E-state index in [2.05, 4.69) is 5.32 Å². The van der Waals surface area contributed by atoms with Crippen LogP contribution in [0.2, 0.25) is 0 Å². The first-order valence-electron chi connectivity index (χ1n) is 4.86. The van der Waals surface area contributed by atoms with Gasteiger partial charge in [-0.05, 0) is 18.8 Å². The Kier molecular flexibility index (Phi) is 2.96. The average molecular weight is 185 g/mol. The quantitative estimate of drug-likeness (QED) is 0.672. The van der Waals surface area contributed by atoms with Crippen molar-refractivity contribution in [2.45, 2.75) is 39.7 Å². The first-order chi connectivity index (χ1) is 5.89. The molecule has 1 aliphatic carbocycles. The molecule has 0 heterocycles. The van der Waals surface area contributed by atoms with E-state index in [4.69, 9.17) is 5.11 Å². The molecule has 0 bridgehead atoms. The van der Waals surface area contributed by atoms with Crippen LogP contribution in [0.3, 0.4) is 0 Å². The molecule has 0 aliphatic heterocycles. The van der Waals surface area contributed by atoms with Gasteiger partial charge in [-0.25, -0.2) is 0 Å². The number of rotatable bonds is 2. The van der Waals surface area contributed by atoms with Crippen molar-refractivity contribution < 1.29 is 9.90 Å². The second-order valence-corrected chi connectivity index (χ2v) is 4.95. The van der Waals surface area contributed by atoms with Crippen LogP contribution in [0.5, 0.6) is 0 Å². The van der Waals surface area contributed by atoms with E-state index in [1.165, 1.54) is 0 Å². The molecule has 0 radical (unpaired) electrons. The fraction of sp³-hybridized carbons (Fsp3) is 0.900. The SMILES string of the molecule is CC(C)(C)C(=O)NCC1CC(O)C1. The summed E-state index contributed by atoms with van der Waals surface area (Å²) in [6, 6.07) is 0. The molecule has 0 aromatic heterocycles. The maximum absolute atomic E-state index is 11.4. The molecule has 0 aromatic carbocycles. The fourth-order valence-corrected chi connectivity index (χ4v) is 1.37. The molecule has 76 valence electrons. The molecule has 0 atom stereocenters. The van der Waals surface area contributed by atoms with E-state index in [1.807, 2.05) is 20.8 Å². The molecule has 0 saturated heterocycles. The van der Waals surface area contributed by atoms with Crippen LogP contribution in [-0.4, -0.2) is 23.7 Å². The van der Waals surface area contributed by atoms with Crippen molar-refractivity contribution in [3.8, 4) is 0 Å². The zero-order chi connectivity index (χ0) is 10.1. The standard InChI is InChI=1S/C10H19NO2/c1-10(2,3)9(13)11-6-7-4-8(12)5-7/h7-8,12H,4-6H2,1-3H3,(H,11,13). The highest BCUT2D eigenvalue weighted by Crippen LogP contribution is 2.26. The number of carbonyl (C=O) groups excluding carboxylic acids is 1. The normalized spacial score (nSPS) is 28.0. The number of hydrogen-bond donors (Lipinski definition) is 2. The van der Waals surface area contributed by atoms with Crippen molar-refractivity contribution in [3.63, 3.8) is 0 Å². The maximum atomic E-state index is 11.4. The molecular weight excluding hydrogens is 166 g/mol. The summed E-state index contributed by atoms with van der Waals surface area (Å²) in [4.78, 5) is 11.4. The van der Waals surface area contributed by atoms with E-state index in [-0.39, 0.29) is 17.4 Å². The molecule has 3 heteroatoms. The summed E-state index contributed by atoms with van der Waals surface area (Å²) < 4.78 is 0. The number of carbonyl (C=O) groups is 1. The molecule has 0 unspecified atom stereocenters. The number of aliphatic hydroxyl groups is 1. The third kappa shape index (κ3) is 2.99. The number of amides is 1. The Morgan fingerprint density at radius 1 is 1.46 bits per heavy atom. The van der Waals surface area contributed by atoms with Crippen molar-refractivity contribution in [3.05, 3.63) is 0 Å². The van der Waals surface area contributed by atoms with Gasteiger partial charge < -0.3 is 10.4 Å². The van der Waals surface area contributed by atoms with Crippen LogP contribution in [-0.2, 0) is 4.79 Å². The summed E-state index contributed by atoms with van der Waals surface area (Å²) in [5, 5.41) is 11.9. The fourth-order valence-electron chi connectivity index (χ4n) is 1.37. The zero-order valence-electron chi connectivity index (χ0n) is 8.63. The zero-order valence-corrected chi connectivity index (χ0v) is 8.63. The average Bonchev–Trinajstić information content (AvgIpc) is 1.93. The molecule has 0 spiro atoms. The Morgan fingerprint density at radius 2 is 2.00 bits per heavy atom. The summed E-state index contributed by atoms with van der Waals surface area (Å²) >= 11 is 0. The van der Waals surface area contributed by atoms with E-state index in [0.29, 0.717) is 12.5 Å². The third-order valence-electron chi connectivity index (χ3n) is 2.44. The topological polar surface area (TPSA) is 49.3 Å². The van der Waals surface area contributed by atoms with E-state index >= 15 is 0 Å². The first-order valence-corrected chi connectivity index (χ1v) is 4.86. The second kappa shape index (κ2) is 3.66. The van der Waals surface area contributed by atoms with Gasteiger partial charge in [-0.1, -0.05) is 20.8 Å². The van der Waals surface area contributed by atoms with Gasteiger partial charge in [0, 0.05) is 12.0 Å². The van der Waals surface area contributed by atoms with E-state index in [1.54, 1.807) is 0 Å². The molecule has 1 amide bonds. The lowest BCUT2D eigenvalue weighted by Crippen LogP contribution is -2.42. The van der Waals surface area contributed by atoms with Crippen molar-refractivity contribution in [1.82, 2.24) is 5.32 Å². The van der Waals surface area contributed by atoms with E-state index in [9.17, 15) is 4.79 Å². The Morgan fingerprint density at radius 3 is 2.38 bits per heavy atom. The van der Waals surface area contributed by atoms with Crippen LogP contribution >= 0.6 is 0 Å². The van der Waals surface area contributed by atoms with Crippen LogP contribution in [0.15, 0.2) is 0 Å². The van der Waals surface area contributed by atoms with Gasteiger partial charge in [-0.15, -0.1) is 0 Å². The molecule has 2 N–H and O–H groups in total. The minimum absolute atomic E-state index is 0.0916. The second-order valence-electron chi connectivity index (χ2n) is 4.95. The Bertz CT molecular complexity index is 190. The van der Waals surface area contributed by atoms with Gasteiger partial charge in [-0.3, -0.25) is 4.79 Å². The Balaban J connectivity index is 2.16. The third-order valence-corrected chi connectivity index (χ3v) is 2.44. The van der Waals surface area contributed by atoms with Crippen molar-refractivity contribution in [2.75, 3.05) is 6.54 Å². The Labute approximate surface area is 79.5 Å². The lowest BCUT2D eigenvalue weighted by molar-refractivity contribution is -0.129. The highest BCUT2D eigenvalue weighted by Gasteiger charge is 2.28. The molecular formula is C10H19NO2. The van der Waals surface area contributed by atoms with Crippen LogP contribution < -0.4 is 5.32 Å². The van der Waals surface area contributed by atoms with Crippen molar-refractivity contribution >= 4 is 5.91 Å². The van der Waals surface area contributed by atoms with Gasteiger partial charge in [0.05, 0.1) is 6.10 Å². The Hall–Kier alpha value is -0.570. The van der Waals surface area contributed by atoms with E-state index < -0.39 is 0 Å². The predicted molar refractivity (Wildman–Crippen MR) is 51.2 cm³/mol. The van der Waals surface area contributed by atoms with Gasteiger partial charge in [-0.2, -0.15) is 0 Å². The molecule has 1 rings (SSSR count). The molecule has 13 heavy (non-hydrogen) atoms. The van der Waals surface area contributed by atoms with Gasteiger partial charge >= 0.3 is 0 Å². The van der Waals surface area contributed by atoms with Crippen LogP contribution in [0.25, 0.3) is 0 Å². The number of nitrogens with one attached hydrogen (secondary N) is 1. The molecule has 3 nitrogen and oxygen atoms in total. The number of hydrogen-bond acceptors (Lipinski definition) is 2. The van der Waals surface area contributed by atoms with Crippen LogP contribution in [0, 0.1) is 11.3 Å². The van der Waals surface area contributed by atoms with Gasteiger partial charge in [0.2, 0.25) is 5.91 Å². The first kappa shape index (κ1) is 10.5. The van der Waals surface area contributed by atoms with Gasteiger partial charge in [0.1, 0.15) is 0 Å². The summed E-state index contributed by atoms with van der Waals surface area (Å²) in [5.41, 5.74) is -0.303. The van der Waals surface area contributed by atoms with Crippen LogP contribution in [0.1, 0.15) is 33.6 Å². The van der Waals surface area contributed by atoms with E-state index in [0.717, 1.165) is 12.8 Å².